The fourth-order valence-corrected chi connectivity index (χ4v) is 1.64. The summed E-state index contributed by atoms with van der Waals surface area (Å²) >= 11 is 0. The van der Waals surface area contributed by atoms with Crippen molar-refractivity contribution >= 4 is 7.32 Å². The first kappa shape index (κ1) is 9.04. The second-order valence-electron chi connectivity index (χ2n) is 3.26. The summed E-state index contributed by atoms with van der Waals surface area (Å²) in [5.74, 6) is 0.463. The number of rotatable bonds is 2. The fourth-order valence-electron chi connectivity index (χ4n) is 1.64. The van der Waals surface area contributed by atoms with Crippen LogP contribution in [-0.2, 0) is 4.65 Å². The highest BCUT2D eigenvalue weighted by molar-refractivity contribution is 6.32. The second-order valence-corrected chi connectivity index (χ2v) is 3.26. The molecule has 0 bridgehead atoms. The van der Waals surface area contributed by atoms with Gasteiger partial charge in [0.2, 0.25) is 0 Å². The lowest BCUT2D eigenvalue weighted by Crippen LogP contribution is -2.32. The maximum atomic E-state index is 8.56. The van der Waals surface area contributed by atoms with Crippen molar-refractivity contribution in [1.29, 1.82) is 0 Å². The highest BCUT2D eigenvalue weighted by Gasteiger charge is 2.25. The molecule has 0 aliphatic heterocycles. The van der Waals surface area contributed by atoms with Crippen LogP contribution in [0.1, 0.15) is 32.6 Å². The van der Waals surface area contributed by atoms with Crippen LogP contribution in [-0.4, -0.2) is 23.5 Å². The van der Waals surface area contributed by atoms with Gasteiger partial charge in [0.25, 0.3) is 0 Å². The highest BCUT2D eigenvalue weighted by atomic mass is 16.6. The van der Waals surface area contributed by atoms with Crippen LogP contribution in [0.15, 0.2) is 0 Å². The van der Waals surface area contributed by atoms with Gasteiger partial charge in [0.15, 0.2) is 0 Å². The molecule has 0 spiro atoms. The average molecular weight is 158 g/mol. The molecule has 1 aliphatic carbocycles. The summed E-state index contributed by atoms with van der Waals surface area (Å²) in [4.78, 5) is 0. The van der Waals surface area contributed by atoms with E-state index in [0.717, 1.165) is 19.3 Å². The summed E-state index contributed by atoms with van der Waals surface area (Å²) in [6.07, 6.45) is 4.52. The first-order valence-electron chi connectivity index (χ1n) is 4.21. The van der Waals surface area contributed by atoms with Crippen molar-refractivity contribution in [2.45, 2.75) is 38.7 Å². The van der Waals surface area contributed by atoms with E-state index >= 15 is 0 Å². The molecule has 0 amide bonds. The lowest BCUT2D eigenvalue weighted by atomic mass is 9.87. The van der Waals surface area contributed by atoms with E-state index in [2.05, 4.69) is 6.92 Å². The van der Waals surface area contributed by atoms with Gasteiger partial charge in [-0.15, -0.1) is 0 Å². The van der Waals surface area contributed by atoms with Crippen LogP contribution in [0.25, 0.3) is 0 Å². The van der Waals surface area contributed by atoms with E-state index in [0.29, 0.717) is 5.92 Å². The van der Waals surface area contributed by atoms with Crippen molar-refractivity contribution in [2.24, 2.45) is 5.92 Å². The van der Waals surface area contributed by atoms with Gasteiger partial charge in [-0.05, 0) is 18.8 Å². The summed E-state index contributed by atoms with van der Waals surface area (Å²) in [6, 6.07) is 0. The Morgan fingerprint density at radius 2 is 1.91 bits per heavy atom. The predicted octanol–water partition coefficient (Wildman–Crippen LogP) is 0.551. The molecule has 1 fully saturated rings. The molecule has 0 unspecified atom stereocenters. The van der Waals surface area contributed by atoms with Gasteiger partial charge in [-0.3, -0.25) is 0 Å². The zero-order valence-corrected chi connectivity index (χ0v) is 6.86. The number of hydrogen-bond acceptors (Lipinski definition) is 3. The summed E-state index contributed by atoms with van der Waals surface area (Å²) in [5.41, 5.74) is 0. The molecular formula is C7H15BO3. The van der Waals surface area contributed by atoms with Crippen LogP contribution in [0.5, 0.6) is 0 Å². The Morgan fingerprint density at radius 3 is 2.45 bits per heavy atom. The molecule has 1 rings (SSSR count). The van der Waals surface area contributed by atoms with Crippen molar-refractivity contribution in [3.8, 4) is 0 Å². The van der Waals surface area contributed by atoms with Crippen molar-refractivity contribution in [1.82, 2.24) is 0 Å². The lowest BCUT2D eigenvalue weighted by Gasteiger charge is -2.28. The van der Waals surface area contributed by atoms with Gasteiger partial charge in [0.1, 0.15) is 0 Å². The summed E-state index contributed by atoms with van der Waals surface area (Å²) in [5, 5.41) is 17.1. The van der Waals surface area contributed by atoms with E-state index in [-0.39, 0.29) is 6.10 Å². The smallest absolute Gasteiger partial charge is 0.402 e. The quantitative estimate of drug-likeness (QED) is 0.577. The lowest BCUT2D eigenvalue weighted by molar-refractivity contribution is 0.0531. The van der Waals surface area contributed by atoms with Crippen LogP contribution in [0.3, 0.4) is 0 Å². The van der Waals surface area contributed by atoms with E-state index in [9.17, 15) is 0 Å². The molecule has 64 valence electrons. The summed E-state index contributed by atoms with van der Waals surface area (Å²) in [7, 11) is -1.60. The molecular weight excluding hydrogens is 143 g/mol. The van der Waals surface area contributed by atoms with Gasteiger partial charge in [-0.2, -0.15) is 0 Å². The molecule has 1 saturated carbocycles. The molecule has 2 atom stereocenters. The molecule has 0 aromatic rings. The third-order valence-electron chi connectivity index (χ3n) is 2.33. The van der Waals surface area contributed by atoms with Crippen molar-refractivity contribution in [2.75, 3.05) is 0 Å². The minimum Gasteiger partial charge on any atom is -0.402 e. The van der Waals surface area contributed by atoms with Crippen LogP contribution >= 0.6 is 0 Å². The topological polar surface area (TPSA) is 49.7 Å². The first-order chi connectivity index (χ1) is 5.20. The molecule has 1 aliphatic rings. The second kappa shape index (κ2) is 4.09. The fraction of sp³-hybridized carbons (Fsp3) is 1.00. The SMILES string of the molecule is C[C@H]1CCCC[C@@H]1OB(O)O. The maximum absolute atomic E-state index is 8.56. The Morgan fingerprint density at radius 1 is 1.27 bits per heavy atom. The van der Waals surface area contributed by atoms with Crippen molar-refractivity contribution < 1.29 is 14.7 Å². The molecule has 0 aromatic carbocycles. The van der Waals surface area contributed by atoms with Crippen LogP contribution in [0.2, 0.25) is 0 Å². The molecule has 2 N–H and O–H groups in total. The van der Waals surface area contributed by atoms with Gasteiger partial charge >= 0.3 is 7.32 Å². The van der Waals surface area contributed by atoms with Gasteiger partial charge in [-0.1, -0.05) is 19.8 Å². The predicted molar refractivity (Wildman–Crippen MR) is 42.7 cm³/mol. The normalized spacial score (nSPS) is 31.9. The standard InChI is InChI=1S/C7H15BO3/c1-6-4-2-3-5-7(6)11-8(9)10/h6-7,9-10H,2-5H2,1H3/t6-,7-/m0/s1. The minimum atomic E-state index is -1.60. The zero-order chi connectivity index (χ0) is 8.27. The maximum Gasteiger partial charge on any atom is 0.634 e. The van der Waals surface area contributed by atoms with Crippen LogP contribution in [0, 0.1) is 5.92 Å². The van der Waals surface area contributed by atoms with Gasteiger partial charge in [-0.25, -0.2) is 0 Å². The highest BCUT2D eigenvalue weighted by Crippen LogP contribution is 2.26. The van der Waals surface area contributed by atoms with Gasteiger partial charge in [0, 0.05) is 6.10 Å². The molecule has 0 aromatic heterocycles. The Bertz CT molecular complexity index is 118. The zero-order valence-electron chi connectivity index (χ0n) is 6.86. The minimum absolute atomic E-state index is 0.0451. The van der Waals surface area contributed by atoms with Crippen molar-refractivity contribution in [3.05, 3.63) is 0 Å². The number of hydrogen-bond donors (Lipinski definition) is 2. The van der Waals surface area contributed by atoms with E-state index in [4.69, 9.17) is 14.7 Å². The average Bonchev–Trinajstić information content (AvgIpc) is 1.93. The van der Waals surface area contributed by atoms with Crippen molar-refractivity contribution in [3.63, 3.8) is 0 Å². The summed E-state index contributed by atoms with van der Waals surface area (Å²) in [6.45, 7) is 2.09. The van der Waals surface area contributed by atoms with E-state index in [1.54, 1.807) is 0 Å². The van der Waals surface area contributed by atoms with Gasteiger partial charge < -0.3 is 14.7 Å². The molecule has 3 nitrogen and oxygen atoms in total. The molecule has 4 heteroatoms. The molecule has 0 radical (unpaired) electrons. The third-order valence-corrected chi connectivity index (χ3v) is 2.33. The molecule has 0 heterocycles. The third kappa shape index (κ3) is 2.81. The van der Waals surface area contributed by atoms with E-state index < -0.39 is 7.32 Å². The largest absolute Gasteiger partial charge is 0.634 e. The monoisotopic (exact) mass is 158 g/mol. The molecule has 11 heavy (non-hydrogen) atoms. The van der Waals surface area contributed by atoms with Crippen LogP contribution in [0.4, 0.5) is 0 Å². The Hall–Kier alpha value is -0.0551. The molecule has 0 saturated heterocycles. The van der Waals surface area contributed by atoms with Crippen LogP contribution < -0.4 is 0 Å². The first-order valence-corrected chi connectivity index (χ1v) is 4.21. The Balaban J connectivity index is 2.29. The summed E-state index contributed by atoms with van der Waals surface area (Å²) < 4.78 is 4.91. The Labute approximate surface area is 67.6 Å². The van der Waals surface area contributed by atoms with E-state index in [1.165, 1.54) is 6.42 Å². The van der Waals surface area contributed by atoms with Gasteiger partial charge in [0.05, 0.1) is 0 Å². The Kier molecular flexibility index (Phi) is 3.36. The van der Waals surface area contributed by atoms with E-state index in [1.807, 2.05) is 0 Å².